The van der Waals surface area contributed by atoms with Crippen molar-refractivity contribution in [2.24, 2.45) is 0 Å². The van der Waals surface area contributed by atoms with E-state index in [1.807, 2.05) is 23.6 Å². The van der Waals surface area contributed by atoms with E-state index in [9.17, 15) is 9.18 Å². The van der Waals surface area contributed by atoms with Crippen molar-refractivity contribution in [2.45, 2.75) is 32.4 Å². The molecule has 1 amide bonds. The Morgan fingerprint density at radius 1 is 1.17 bits per heavy atom. The van der Waals surface area contributed by atoms with E-state index < -0.39 is 0 Å². The van der Waals surface area contributed by atoms with Crippen molar-refractivity contribution in [3.05, 3.63) is 94.8 Å². The monoisotopic (exact) mass is 520 g/mol. The van der Waals surface area contributed by atoms with Crippen LogP contribution in [0.15, 0.2) is 66.3 Å². The molecular weight excluding hydrogens is 495 g/mol. The highest BCUT2D eigenvalue weighted by Gasteiger charge is 2.41. The fourth-order valence-electron chi connectivity index (χ4n) is 4.67. The van der Waals surface area contributed by atoms with Crippen molar-refractivity contribution in [2.75, 3.05) is 11.9 Å². The lowest BCUT2D eigenvalue weighted by atomic mass is 9.96. The molecule has 5 rings (SSSR count). The number of thiocarbonyl (C=S) groups is 1. The van der Waals surface area contributed by atoms with Crippen molar-refractivity contribution in [3.63, 3.8) is 0 Å². The number of nitrogens with one attached hydrogen (secondary N) is 2. The second-order valence-corrected chi connectivity index (χ2v) is 9.86. The van der Waals surface area contributed by atoms with Gasteiger partial charge in [0, 0.05) is 47.8 Å². The summed E-state index contributed by atoms with van der Waals surface area (Å²) >= 11 is 7.33. The molecule has 1 aliphatic rings. The molecule has 0 bridgehead atoms. The van der Waals surface area contributed by atoms with Gasteiger partial charge in [0.05, 0.1) is 17.8 Å². The zero-order valence-corrected chi connectivity index (χ0v) is 21.4. The van der Waals surface area contributed by atoms with Gasteiger partial charge in [-0.25, -0.2) is 9.37 Å². The van der Waals surface area contributed by atoms with Gasteiger partial charge in [-0.1, -0.05) is 6.07 Å². The number of carbonyl (C=O) groups excluding carboxylic acids is 1. The maximum absolute atomic E-state index is 13.2. The summed E-state index contributed by atoms with van der Waals surface area (Å²) in [7, 11) is 0. The molecule has 0 aliphatic carbocycles. The number of aryl methyl sites for hydroxylation is 1. The molecule has 0 unspecified atom stereocenters. The molecule has 1 aliphatic heterocycles. The third kappa shape index (κ3) is 4.74. The van der Waals surface area contributed by atoms with Gasteiger partial charge in [-0.3, -0.25) is 14.3 Å². The van der Waals surface area contributed by atoms with Gasteiger partial charge in [0.1, 0.15) is 5.82 Å². The molecule has 2 atom stereocenters. The summed E-state index contributed by atoms with van der Waals surface area (Å²) < 4.78 is 15.4. The molecule has 0 saturated carbocycles. The molecule has 7 nitrogen and oxygen atoms in total. The third-order valence-corrected chi connectivity index (χ3v) is 7.41. The number of amides is 1. The first-order valence-corrected chi connectivity index (χ1v) is 12.8. The Hall–Kier alpha value is -3.63. The minimum absolute atomic E-state index is 0.161. The van der Waals surface area contributed by atoms with E-state index in [2.05, 4.69) is 50.0 Å². The summed E-state index contributed by atoms with van der Waals surface area (Å²) in [6.45, 7) is 4.56. The molecule has 0 radical (unpaired) electrons. The predicted octanol–water partition coefficient (Wildman–Crippen LogP) is 5.09. The van der Waals surface area contributed by atoms with Gasteiger partial charge in [-0.2, -0.15) is 0 Å². The number of nitrogens with zero attached hydrogens (tertiary/aromatic N) is 4. The maximum atomic E-state index is 13.2. The highest BCUT2D eigenvalue weighted by molar-refractivity contribution is 7.80. The lowest BCUT2D eigenvalue weighted by molar-refractivity contribution is -0.116. The Balaban J connectivity index is 1.44. The molecule has 0 spiro atoms. The van der Waals surface area contributed by atoms with Crippen LogP contribution in [0.4, 0.5) is 10.1 Å². The summed E-state index contributed by atoms with van der Waals surface area (Å²) in [6, 6.07) is 13.4. The van der Waals surface area contributed by atoms with Crippen LogP contribution >= 0.6 is 23.6 Å². The summed E-state index contributed by atoms with van der Waals surface area (Å²) in [5.41, 5.74) is 4.68. The molecule has 4 heterocycles. The van der Waals surface area contributed by atoms with Crippen LogP contribution in [0, 0.1) is 19.7 Å². The highest BCUT2D eigenvalue weighted by Crippen LogP contribution is 2.41. The van der Waals surface area contributed by atoms with E-state index in [1.54, 1.807) is 35.9 Å². The number of anilines is 1. The first-order valence-electron chi connectivity index (χ1n) is 11.5. The second-order valence-electron chi connectivity index (χ2n) is 8.60. The Bertz CT molecular complexity index is 1370. The van der Waals surface area contributed by atoms with Crippen LogP contribution in [0.2, 0.25) is 0 Å². The lowest BCUT2D eigenvalue weighted by Gasteiger charge is -2.28. The van der Waals surface area contributed by atoms with Gasteiger partial charge >= 0.3 is 0 Å². The fraction of sp³-hybridized carbons (Fsp3) is 0.231. The van der Waals surface area contributed by atoms with E-state index in [-0.39, 0.29) is 30.2 Å². The number of thiazole rings is 1. The summed E-state index contributed by atoms with van der Waals surface area (Å²) in [6.07, 6.45) is 3.79. The number of halogens is 1. The zero-order valence-electron chi connectivity index (χ0n) is 19.8. The van der Waals surface area contributed by atoms with Crippen molar-refractivity contribution in [1.29, 1.82) is 0 Å². The second kappa shape index (κ2) is 10.2. The molecule has 10 heteroatoms. The Morgan fingerprint density at radius 2 is 1.97 bits per heavy atom. The standard InChI is InChI=1S/C26H25FN6OS2/c1-16-15-20(17(2)33(16)26-29-12-14-36-26)24-23(21-5-3-4-11-28-21)31-25(35)32(24)13-10-22(34)30-19-8-6-18(27)7-9-19/h3-9,11-12,14-15,23-24H,10,13H2,1-2H3,(H,30,34)(H,31,35)/t23-,24+/m0/s1. The molecule has 36 heavy (non-hydrogen) atoms. The molecule has 1 saturated heterocycles. The number of pyridine rings is 1. The first-order chi connectivity index (χ1) is 17.4. The van der Waals surface area contributed by atoms with Gasteiger partial charge in [-0.15, -0.1) is 11.3 Å². The molecule has 1 aromatic carbocycles. The number of hydrogen-bond acceptors (Lipinski definition) is 5. The van der Waals surface area contributed by atoms with Crippen molar-refractivity contribution >= 4 is 40.3 Å². The maximum Gasteiger partial charge on any atom is 0.226 e. The van der Waals surface area contributed by atoms with E-state index in [4.69, 9.17) is 12.2 Å². The molecule has 1 fully saturated rings. The minimum atomic E-state index is -0.347. The van der Waals surface area contributed by atoms with Crippen LogP contribution in [0.5, 0.6) is 0 Å². The van der Waals surface area contributed by atoms with Crippen LogP contribution in [0.25, 0.3) is 5.13 Å². The van der Waals surface area contributed by atoms with Gasteiger partial charge in [-0.05, 0) is 74.1 Å². The van der Waals surface area contributed by atoms with E-state index >= 15 is 0 Å². The molecule has 184 valence electrons. The van der Waals surface area contributed by atoms with E-state index in [1.165, 1.54) is 12.1 Å². The minimum Gasteiger partial charge on any atom is -0.352 e. The third-order valence-electron chi connectivity index (χ3n) is 6.31. The quantitative estimate of drug-likeness (QED) is 0.331. The first kappa shape index (κ1) is 24.1. The van der Waals surface area contributed by atoms with Gasteiger partial charge < -0.3 is 15.5 Å². The van der Waals surface area contributed by atoms with Crippen LogP contribution in [0.1, 0.15) is 41.1 Å². The van der Waals surface area contributed by atoms with E-state index in [0.29, 0.717) is 17.3 Å². The van der Waals surface area contributed by atoms with Crippen molar-refractivity contribution in [3.8, 4) is 5.13 Å². The highest BCUT2D eigenvalue weighted by atomic mass is 32.1. The molecule has 2 N–H and O–H groups in total. The number of benzene rings is 1. The smallest absolute Gasteiger partial charge is 0.226 e. The van der Waals surface area contributed by atoms with Gasteiger partial charge in [0.2, 0.25) is 5.91 Å². The van der Waals surface area contributed by atoms with Crippen molar-refractivity contribution < 1.29 is 9.18 Å². The number of hydrogen-bond donors (Lipinski definition) is 2. The summed E-state index contributed by atoms with van der Waals surface area (Å²) in [5.74, 6) is -0.516. The molecule has 3 aromatic heterocycles. The number of rotatable bonds is 7. The average molecular weight is 521 g/mol. The van der Waals surface area contributed by atoms with Crippen LogP contribution in [-0.2, 0) is 4.79 Å². The summed E-state index contributed by atoms with van der Waals surface area (Å²) in [4.78, 5) is 23.9. The van der Waals surface area contributed by atoms with Crippen molar-refractivity contribution in [1.82, 2.24) is 24.8 Å². The Labute approximate surface area is 218 Å². The summed E-state index contributed by atoms with van der Waals surface area (Å²) in [5, 5.41) is 9.71. The van der Waals surface area contributed by atoms with E-state index in [0.717, 1.165) is 27.8 Å². The lowest BCUT2D eigenvalue weighted by Crippen LogP contribution is -2.32. The normalized spacial score (nSPS) is 17.3. The Kier molecular flexibility index (Phi) is 6.80. The average Bonchev–Trinajstić information content (AvgIpc) is 3.58. The molecule has 4 aromatic rings. The molecular formula is C26H25FN6OS2. The van der Waals surface area contributed by atoms with Crippen LogP contribution < -0.4 is 10.6 Å². The predicted molar refractivity (Wildman–Crippen MR) is 143 cm³/mol. The van der Waals surface area contributed by atoms with Crippen LogP contribution in [-0.4, -0.2) is 37.0 Å². The largest absolute Gasteiger partial charge is 0.352 e. The van der Waals surface area contributed by atoms with Gasteiger partial charge in [0.15, 0.2) is 10.2 Å². The van der Waals surface area contributed by atoms with Gasteiger partial charge in [0.25, 0.3) is 0 Å². The Morgan fingerprint density at radius 3 is 2.67 bits per heavy atom. The zero-order chi connectivity index (χ0) is 25.2. The topological polar surface area (TPSA) is 75.1 Å². The number of carbonyl (C=O) groups is 1. The SMILES string of the molecule is Cc1cc([C@@H]2[C@H](c3ccccn3)NC(=S)N2CCC(=O)Nc2ccc(F)cc2)c(C)n1-c1nccs1. The fourth-order valence-corrected chi connectivity index (χ4v) is 5.75. The van der Waals surface area contributed by atoms with Crippen LogP contribution in [0.3, 0.4) is 0 Å². The number of aromatic nitrogens is 3.